The van der Waals surface area contributed by atoms with Crippen molar-refractivity contribution in [2.24, 2.45) is 0 Å². The number of benzene rings is 1. The summed E-state index contributed by atoms with van der Waals surface area (Å²) in [5.41, 5.74) is -3.22. The second-order valence-electron chi connectivity index (χ2n) is 5.72. The zero-order valence-electron chi connectivity index (χ0n) is 13.5. The van der Waals surface area contributed by atoms with Crippen molar-refractivity contribution in [1.29, 1.82) is 0 Å². The molecule has 0 aromatic heterocycles. The van der Waals surface area contributed by atoms with Crippen LogP contribution in [0, 0.1) is 20.2 Å². The first-order valence-corrected chi connectivity index (χ1v) is 6.57. The van der Waals surface area contributed by atoms with Crippen LogP contribution < -0.4 is 4.74 Å². The molecule has 11 nitrogen and oxygen atoms in total. The first kappa shape index (κ1) is 21.7. The van der Waals surface area contributed by atoms with Crippen LogP contribution >= 0.6 is 0 Å². The summed E-state index contributed by atoms with van der Waals surface area (Å²) in [6.07, 6.45) is 0. The third kappa shape index (κ3) is 6.87. The van der Waals surface area contributed by atoms with Gasteiger partial charge in [0, 0.05) is 0 Å². The van der Waals surface area contributed by atoms with Crippen LogP contribution in [0.25, 0.3) is 0 Å². The van der Waals surface area contributed by atoms with Crippen LogP contribution in [0.4, 0.5) is 11.4 Å². The highest BCUT2D eigenvalue weighted by Gasteiger charge is 2.38. The van der Waals surface area contributed by atoms with E-state index in [1.807, 2.05) is 0 Å². The molecule has 0 aliphatic carbocycles. The Labute approximate surface area is 137 Å². The summed E-state index contributed by atoms with van der Waals surface area (Å²) in [5.74, 6) is -0.0435. The molecule has 1 rings (SSSR count). The lowest BCUT2D eigenvalue weighted by molar-refractivity contribution is -0.394. The molecule has 0 atom stereocenters. The smallest absolute Gasteiger partial charge is 0.484 e. The van der Waals surface area contributed by atoms with E-state index in [0.717, 1.165) is 18.2 Å². The monoisotopic (exact) mass is 346 g/mol. The van der Waals surface area contributed by atoms with Gasteiger partial charge >= 0.3 is 7.32 Å². The fourth-order valence-electron chi connectivity index (χ4n) is 1.26. The Morgan fingerprint density at radius 3 is 1.54 bits per heavy atom. The van der Waals surface area contributed by atoms with Gasteiger partial charge in [0.2, 0.25) is 0 Å². The maximum atomic E-state index is 10.8. The summed E-state index contributed by atoms with van der Waals surface area (Å²) in [4.78, 5) is 20.1. The van der Waals surface area contributed by atoms with Crippen LogP contribution in [-0.4, -0.2) is 48.5 Å². The predicted octanol–water partition coefficient (Wildman–Crippen LogP) is 0.379. The molecular weight excluding hydrogens is 327 g/mol. The van der Waals surface area contributed by atoms with E-state index in [9.17, 15) is 25.3 Å². The number of hydrogen-bond acceptors (Lipinski definition) is 9. The average molecular weight is 346 g/mol. The fourth-order valence-corrected chi connectivity index (χ4v) is 1.26. The van der Waals surface area contributed by atoms with Crippen molar-refractivity contribution in [1.82, 2.24) is 0 Å². The standard InChI is InChI=1S/C12H16N2O6.BH3O3/c1-11(2,15)12(3,4)20-10-6-8(13(16)17)5-9(7-10)14(18)19;2-1(3)4/h5-7,15H,1-4H3;2-4H. The number of rotatable bonds is 5. The molecule has 12 heteroatoms. The van der Waals surface area contributed by atoms with E-state index < -0.39 is 39.7 Å². The van der Waals surface area contributed by atoms with Crippen LogP contribution in [-0.2, 0) is 0 Å². The molecule has 0 spiro atoms. The molecule has 0 aliphatic heterocycles. The Hall–Kier alpha value is -2.28. The van der Waals surface area contributed by atoms with Crippen molar-refractivity contribution in [3.63, 3.8) is 0 Å². The molecular formula is C12H19BN2O9. The summed E-state index contributed by atoms with van der Waals surface area (Å²) in [5, 5.41) is 53.0. The molecule has 0 saturated carbocycles. The lowest BCUT2D eigenvalue weighted by atomic mass is 9.89. The van der Waals surface area contributed by atoms with Crippen molar-refractivity contribution in [2.75, 3.05) is 0 Å². The molecule has 0 heterocycles. The average Bonchev–Trinajstić information content (AvgIpc) is 2.35. The van der Waals surface area contributed by atoms with Gasteiger partial charge in [-0.3, -0.25) is 20.2 Å². The molecule has 0 fully saturated rings. The maximum Gasteiger partial charge on any atom is 0.631 e. The second kappa shape index (κ2) is 8.01. The van der Waals surface area contributed by atoms with E-state index in [1.54, 1.807) is 13.8 Å². The Morgan fingerprint density at radius 1 is 0.958 bits per heavy atom. The third-order valence-corrected chi connectivity index (χ3v) is 3.14. The van der Waals surface area contributed by atoms with Crippen molar-refractivity contribution in [2.45, 2.75) is 38.9 Å². The summed E-state index contributed by atoms with van der Waals surface area (Å²) in [6, 6.07) is 3.02. The Balaban J connectivity index is 0.00000118. The maximum absolute atomic E-state index is 10.8. The topological polar surface area (TPSA) is 176 Å². The highest BCUT2D eigenvalue weighted by molar-refractivity contribution is 6.30. The summed E-state index contributed by atoms with van der Waals surface area (Å²) in [6.45, 7) is 6.19. The van der Waals surface area contributed by atoms with Crippen molar-refractivity contribution in [3.8, 4) is 5.75 Å². The molecule has 0 unspecified atom stereocenters. The van der Waals surface area contributed by atoms with Crippen LogP contribution in [0.2, 0.25) is 0 Å². The van der Waals surface area contributed by atoms with E-state index in [2.05, 4.69) is 0 Å². The minimum Gasteiger partial charge on any atom is -0.484 e. The molecule has 0 bridgehead atoms. The summed E-state index contributed by atoms with van der Waals surface area (Å²) in [7, 11) is -2.17. The van der Waals surface area contributed by atoms with Gasteiger partial charge in [0.25, 0.3) is 11.4 Å². The van der Waals surface area contributed by atoms with Crippen LogP contribution in [0.3, 0.4) is 0 Å². The molecule has 0 saturated heterocycles. The highest BCUT2D eigenvalue weighted by atomic mass is 16.6. The van der Waals surface area contributed by atoms with Gasteiger partial charge < -0.3 is 24.9 Å². The largest absolute Gasteiger partial charge is 0.631 e. The summed E-state index contributed by atoms with van der Waals surface area (Å²) < 4.78 is 5.49. The second-order valence-corrected chi connectivity index (χ2v) is 5.72. The molecule has 4 N–H and O–H groups in total. The molecule has 1 aromatic rings. The van der Waals surface area contributed by atoms with Gasteiger partial charge in [0.15, 0.2) is 0 Å². The number of nitro groups is 2. The predicted molar refractivity (Wildman–Crippen MR) is 83.2 cm³/mol. The molecule has 134 valence electrons. The van der Waals surface area contributed by atoms with Gasteiger partial charge in [0.1, 0.15) is 11.4 Å². The first-order chi connectivity index (χ1) is 10.7. The van der Waals surface area contributed by atoms with Gasteiger partial charge in [0.05, 0.1) is 33.6 Å². The Kier molecular flexibility index (Phi) is 7.25. The number of nitro benzene ring substituents is 2. The number of non-ortho nitro benzene ring substituents is 2. The fraction of sp³-hybridized carbons (Fsp3) is 0.500. The Bertz CT molecular complexity index is 564. The lowest BCUT2D eigenvalue weighted by Crippen LogP contribution is -2.49. The molecule has 0 amide bonds. The lowest BCUT2D eigenvalue weighted by Gasteiger charge is -2.37. The minimum atomic E-state index is -2.17. The van der Waals surface area contributed by atoms with Crippen molar-refractivity contribution < 1.29 is 34.8 Å². The highest BCUT2D eigenvalue weighted by Crippen LogP contribution is 2.33. The van der Waals surface area contributed by atoms with E-state index in [4.69, 9.17) is 19.8 Å². The number of nitrogens with zero attached hydrogens (tertiary/aromatic N) is 2. The SMILES string of the molecule is CC(C)(O)C(C)(C)Oc1cc([N+](=O)[O-])cc([N+](=O)[O-])c1.OB(O)O. The van der Waals surface area contributed by atoms with Crippen molar-refractivity contribution >= 4 is 18.7 Å². The number of hydrogen-bond donors (Lipinski definition) is 4. The molecule has 0 radical (unpaired) electrons. The van der Waals surface area contributed by atoms with Gasteiger partial charge in [-0.15, -0.1) is 0 Å². The van der Waals surface area contributed by atoms with Gasteiger partial charge in [-0.25, -0.2) is 0 Å². The zero-order valence-corrected chi connectivity index (χ0v) is 13.5. The van der Waals surface area contributed by atoms with E-state index >= 15 is 0 Å². The minimum absolute atomic E-state index is 0.0435. The normalized spacial score (nSPS) is 11.2. The molecule has 1 aromatic carbocycles. The summed E-state index contributed by atoms with van der Waals surface area (Å²) >= 11 is 0. The van der Waals surface area contributed by atoms with Crippen LogP contribution in [0.5, 0.6) is 5.75 Å². The Morgan fingerprint density at radius 2 is 1.29 bits per heavy atom. The number of aliphatic hydroxyl groups is 1. The van der Waals surface area contributed by atoms with E-state index in [0.29, 0.717) is 0 Å². The van der Waals surface area contributed by atoms with Crippen LogP contribution in [0.15, 0.2) is 18.2 Å². The molecule has 24 heavy (non-hydrogen) atoms. The van der Waals surface area contributed by atoms with Crippen LogP contribution in [0.1, 0.15) is 27.7 Å². The number of ether oxygens (including phenoxy) is 1. The third-order valence-electron chi connectivity index (χ3n) is 3.14. The first-order valence-electron chi connectivity index (χ1n) is 6.57. The van der Waals surface area contributed by atoms with Crippen molar-refractivity contribution in [3.05, 3.63) is 38.4 Å². The molecule has 0 aliphatic rings. The quantitative estimate of drug-likeness (QED) is 0.333. The van der Waals surface area contributed by atoms with E-state index in [-0.39, 0.29) is 5.75 Å². The zero-order chi connectivity index (χ0) is 19.3. The van der Waals surface area contributed by atoms with Gasteiger partial charge in [-0.1, -0.05) is 0 Å². The van der Waals surface area contributed by atoms with Gasteiger partial charge in [-0.2, -0.15) is 0 Å². The van der Waals surface area contributed by atoms with Gasteiger partial charge in [-0.05, 0) is 27.7 Å². The van der Waals surface area contributed by atoms with E-state index in [1.165, 1.54) is 13.8 Å².